The maximum absolute atomic E-state index is 11.8. The Kier molecular flexibility index (Phi) is 6.79. The predicted molar refractivity (Wildman–Crippen MR) is 80.5 cm³/mol. The van der Waals surface area contributed by atoms with Crippen LogP contribution in [0.1, 0.15) is 23.2 Å². The standard InChI is InChI=1S/C14H11Cl3O3/c1-2-3-4-5-6-12(18)20-14(19)13-10(16)7-9(15)8-11(13)17/h2,5-8H,1,3-4H2/b6-5+. The van der Waals surface area contributed by atoms with Crippen molar-refractivity contribution >= 4 is 46.7 Å². The highest BCUT2D eigenvalue weighted by Gasteiger charge is 2.19. The Morgan fingerprint density at radius 3 is 2.30 bits per heavy atom. The summed E-state index contributed by atoms with van der Waals surface area (Å²) in [7, 11) is 0. The van der Waals surface area contributed by atoms with E-state index in [-0.39, 0.29) is 20.6 Å². The molecule has 0 bridgehead atoms. The Hall–Kier alpha value is -1.29. The van der Waals surface area contributed by atoms with Crippen molar-refractivity contribution < 1.29 is 14.3 Å². The van der Waals surface area contributed by atoms with Crippen molar-refractivity contribution in [1.29, 1.82) is 0 Å². The van der Waals surface area contributed by atoms with Crippen molar-refractivity contribution in [3.63, 3.8) is 0 Å². The van der Waals surface area contributed by atoms with E-state index in [0.29, 0.717) is 6.42 Å². The molecule has 0 heterocycles. The summed E-state index contributed by atoms with van der Waals surface area (Å²) in [4.78, 5) is 23.2. The first-order valence-corrected chi connectivity index (χ1v) is 6.77. The zero-order valence-electron chi connectivity index (χ0n) is 10.4. The summed E-state index contributed by atoms with van der Waals surface area (Å²) in [6, 6.07) is 2.69. The first-order chi connectivity index (χ1) is 9.45. The normalized spacial score (nSPS) is 10.6. The van der Waals surface area contributed by atoms with Crippen molar-refractivity contribution in [2.75, 3.05) is 0 Å². The molecule has 0 radical (unpaired) electrons. The molecule has 0 unspecified atom stereocenters. The van der Waals surface area contributed by atoms with Crippen LogP contribution in [-0.2, 0) is 9.53 Å². The number of esters is 2. The van der Waals surface area contributed by atoms with Gasteiger partial charge in [-0.15, -0.1) is 6.58 Å². The van der Waals surface area contributed by atoms with Gasteiger partial charge >= 0.3 is 11.9 Å². The van der Waals surface area contributed by atoms with Gasteiger partial charge in [-0.3, -0.25) is 0 Å². The fourth-order valence-electron chi connectivity index (χ4n) is 1.31. The lowest BCUT2D eigenvalue weighted by atomic mass is 10.2. The van der Waals surface area contributed by atoms with Crippen LogP contribution >= 0.6 is 34.8 Å². The van der Waals surface area contributed by atoms with Crippen LogP contribution in [-0.4, -0.2) is 11.9 Å². The average Bonchev–Trinajstić information content (AvgIpc) is 2.33. The number of ether oxygens (including phenoxy) is 1. The summed E-state index contributed by atoms with van der Waals surface area (Å²) in [5.74, 6) is -1.71. The lowest BCUT2D eigenvalue weighted by Crippen LogP contribution is -2.11. The highest BCUT2D eigenvalue weighted by molar-refractivity contribution is 6.42. The molecule has 0 N–H and O–H groups in total. The van der Waals surface area contributed by atoms with E-state index >= 15 is 0 Å². The summed E-state index contributed by atoms with van der Waals surface area (Å²) in [5, 5.41) is 0.332. The summed E-state index contributed by atoms with van der Waals surface area (Å²) in [5.41, 5.74) is -0.0921. The van der Waals surface area contributed by atoms with Crippen molar-refractivity contribution in [2.24, 2.45) is 0 Å². The molecule has 1 aromatic rings. The molecule has 3 nitrogen and oxygen atoms in total. The minimum atomic E-state index is -0.921. The Balaban J connectivity index is 2.74. The molecule has 0 atom stereocenters. The van der Waals surface area contributed by atoms with E-state index < -0.39 is 11.9 Å². The number of carbonyl (C=O) groups excluding carboxylic acids is 2. The van der Waals surface area contributed by atoms with Gasteiger partial charge in [0, 0.05) is 11.1 Å². The van der Waals surface area contributed by atoms with Crippen LogP contribution in [0.4, 0.5) is 0 Å². The molecule has 0 saturated heterocycles. The third-order valence-electron chi connectivity index (χ3n) is 2.20. The second kappa shape index (κ2) is 8.10. The Morgan fingerprint density at radius 1 is 1.15 bits per heavy atom. The fraction of sp³-hybridized carbons (Fsp3) is 0.143. The average molecular weight is 334 g/mol. The minimum Gasteiger partial charge on any atom is -0.386 e. The molecule has 0 saturated carbocycles. The number of carbonyl (C=O) groups is 2. The second-order valence-corrected chi connectivity index (χ2v) is 4.97. The number of hydrogen-bond acceptors (Lipinski definition) is 3. The Morgan fingerprint density at radius 2 is 1.75 bits per heavy atom. The SMILES string of the molecule is C=CCC/C=C/C(=O)OC(=O)c1c(Cl)cc(Cl)cc1Cl. The summed E-state index contributed by atoms with van der Waals surface area (Å²) in [6.07, 6.45) is 5.83. The van der Waals surface area contributed by atoms with Gasteiger partial charge < -0.3 is 4.74 Å². The van der Waals surface area contributed by atoms with E-state index in [2.05, 4.69) is 11.3 Å². The quantitative estimate of drug-likeness (QED) is 0.254. The smallest absolute Gasteiger partial charge is 0.349 e. The molecule has 20 heavy (non-hydrogen) atoms. The van der Waals surface area contributed by atoms with Crippen LogP contribution < -0.4 is 0 Å². The predicted octanol–water partition coefficient (Wildman–Crippen LogP) is 4.85. The van der Waals surface area contributed by atoms with Crippen LogP contribution in [0, 0.1) is 0 Å². The van der Waals surface area contributed by atoms with Gasteiger partial charge in [0.2, 0.25) is 0 Å². The zero-order chi connectivity index (χ0) is 15.1. The summed E-state index contributed by atoms with van der Waals surface area (Å²) >= 11 is 17.4. The van der Waals surface area contributed by atoms with Gasteiger partial charge in [0.1, 0.15) is 0 Å². The van der Waals surface area contributed by atoms with Crippen molar-refractivity contribution in [3.8, 4) is 0 Å². The molecule has 0 aliphatic heterocycles. The van der Waals surface area contributed by atoms with E-state index in [0.717, 1.165) is 6.42 Å². The number of rotatable bonds is 5. The van der Waals surface area contributed by atoms with Crippen molar-refractivity contribution in [1.82, 2.24) is 0 Å². The molecule has 1 rings (SSSR count). The Labute approximate surface area is 131 Å². The number of unbranched alkanes of at least 4 members (excludes halogenated alkanes) is 1. The Bertz CT molecular complexity index is 542. The molecule has 0 spiro atoms. The minimum absolute atomic E-state index is 0.0240. The summed E-state index contributed by atoms with van der Waals surface area (Å²) < 4.78 is 4.62. The number of halogens is 3. The molecular formula is C14H11Cl3O3. The monoisotopic (exact) mass is 332 g/mol. The van der Waals surface area contributed by atoms with Gasteiger partial charge in [0.15, 0.2) is 0 Å². The van der Waals surface area contributed by atoms with Gasteiger partial charge in [-0.25, -0.2) is 9.59 Å². The molecule has 0 aliphatic rings. The van der Waals surface area contributed by atoms with Crippen molar-refractivity contribution in [3.05, 3.63) is 57.6 Å². The van der Waals surface area contributed by atoms with E-state index in [1.807, 2.05) is 0 Å². The van der Waals surface area contributed by atoms with Crippen LogP contribution in [0.2, 0.25) is 15.1 Å². The molecule has 106 valence electrons. The highest BCUT2D eigenvalue weighted by atomic mass is 35.5. The highest BCUT2D eigenvalue weighted by Crippen LogP contribution is 2.29. The summed E-state index contributed by atoms with van der Waals surface area (Å²) in [6.45, 7) is 3.55. The van der Waals surface area contributed by atoms with Gasteiger partial charge in [-0.1, -0.05) is 47.0 Å². The lowest BCUT2D eigenvalue weighted by molar-refractivity contribution is -0.132. The zero-order valence-corrected chi connectivity index (χ0v) is 12.6. The molecule has 0 aromatic heterocycles. The lowest BCUT2D eigenvalue weighted by Gasteiger charge is -2.05. The topological polar surface area (TPSA) is 43.4 Å². The van der Waals surface area contributed by atoms with Crippen LogP contribution in [0.5, 0.6) is 0 Å². The van der Waals surface area contributed by atoms with Gasteiger partial charge in [-0.2, -0.15) is 0 Å². The molecule has 0 aliphatic carbocycles. The van der Waals surface area contributed by atoms with Gasteiger partial charge in [0.05, 0.1) is 15.6 Å². The van der Waals surface area contributed by atoms with E-state index in [9.17, 15) is 9.59 Å². The number of allylic oxidation sites excluding steroid dienone is 2. The van der Waals surface area contributed by atoms with E-state index in [1.54, 1.807) is 12.2 Å². The third-order valence-corrected chi connectivity index (χ3v) is 3.01. The van der Waals surface area contributed by atoms with Gasteiger partial charge in [0.25, 0.3) is 0 Å². The van der Waals surface area contributed by atoms with E-state index in [4.69, 9.17) is 34.8 Å². The first-order valence-electron chi connectivity index (χ1n) is 5.63. The molecular weight excluding hydrogens is 323 g/mol. The molecule has 0 fully saturated rings. The maximum Gasteiger partial charge on any atom is 0.349 e. The number of hydrogen-bond donors (Lipinski definition) is 0. The molecule has 6 heteroatoms. The molecule has 1 aromatic carbocycles. The van der Waals surface area contributed by atoms with Crippen molar-refractivity contribution in [2.45, 2.75) is 12.8 Å². The van der Waals surface area contributed by atoms with Crippen LogP contribution in [0.25, 0.3) is 0 Å². The second-order valence-electron chi connectivity index (χ2n) is 3.72. The van der Waals surface area contributed by atoms with Crippen LogP contribution in [0.15, 0.2) is 36.9 Å². The van der Waals surface area contributed by atoms with E-state index in [1.165, 1.54) is 18.2 Å². The fourth-order valence-corrected chi connectivity index (χ4v) is 2.28. The third kappa shape index (κ3) is 5.00. The largest absolute Gasteiger partial charge is 0.386 e. The molecule has 0 amide bonds. The number of benzene rings is 1. The van der Waals surface area contributed by atoms with Gasteiger partial charge in [-0.05, 0) is 25.0 Å². The maximum atomic E-state index is 11.8. The van der Waals surface area contributed by atoms with Crippen LogP contribution in [0.3, 0.4) is 0 Å². The first kappa shape index (κ1) is 16.8.